The molecule has 8 fully saturated rings. The summed E-state index contributed by atoms with van der Waals surface area (Å²) in [6.07, 6.45) is 14.5. The minimum atomic E-state index is -0.631. The molecule has 4 atom stereocenters. The molecule has 0 aromatic heterocycles. The second-order valence-corrected chi connectivity index (χ2v) is 24.7. The lowest BCUT2D eigenvalue weighted by atomic mass is 9.39. The van der Waals surface area contributed by atoms with E-state index in [2.05, 4.69) is 125 Å². The largest absolute Gasteiger partial charge is 0.506 e. The van der Waals surface area contributed by atoms with E-state index >= 15 is 0 Å². The summed E-state index contributed by atoms with van der Waals surface area (Å²) < 4.78 is 13.8. The molecule has 9 aliphatic rings. The van der Waals surface area contributed by atoms with Gasteiger partial charge in [0.2, 0.25) is 0 Å². The molecule has 6 aromatic rings. The third kappa shape index (κ3) is 6.12. The highest BCUT2D eigenvalue weighted by atomic mass is 16.5. The molecule has 0 heterocycles. The van der Waals surface area contributed by atoms with E-state index in [-0.39, 0.29) is 22.3 Å². The molecule has 0 spiro atoms. The van der Waals surface area contributed by atoms with Crippen molar-refractivity contribution in [2.45, 2.75) is 121 Å². The predicted octanol–water partition coefficient (Wildman–Crippen LogP) is 14.7. The van der Waals surface area contributed by atoms with E-state index in [1.54, 1.807) is 12.1 Å². The van der Waals surface area contributed by atoms with Crippen LogP contribution in [-0.2, 0) is 16.2 Å². The lowest BCUT2D eigenvalue weighted by molar-refractivity contribution is -0.110. The first-order chi connectivity index (χ1) is 32.0. The molecule has 8 bridgehead atoms. The van der Waals surface area contributed by atoms with Crippen LogP contribution in [0, 0.1) is 33.5 Å². The molecule has 0 aliphatic heterocycles. The molecule has 9 aliphatic carbocycles. The molecule has 0 radical (unpaired) electrons. The quantitative estimate of drug-likeness (QED) is 0.0893. The van der Waals surface area contributed by atoms with Crippen molar-refractivity contribution in [2.24, 2.45) is 33.5 Å². The zero-order valence-electron chi connectivity index (χ0n) is 39.6. The molecule has 342 valence electrons. The highest BCUT2D eigenvalue weighted by molar-refractivity contribution is 5.86. The van der Waals surface area contributed by atoms with Crippen molar-refractivity contribution >= 4 is 11.4 Å². The van der Waals surface area contributed by atoms with Crippen LogP contribution >= 0.6 is 0 Å². The van der Waals surface area contributed by atoms with Gasteiger partial charge in [0.1, 0.15) is 34.5 Å². The Labute approximate surface area is 395 Å². The van der Waals surface area contributed by atoms with Crippen LogP contribution in [-0.4, -0.2) is 10.2 Å². The SMILES string of the molecule is CC12CC3CC(C)(C1)CC(c1cc(N)c(O)cc1Oc1ccc(C4(c5ccc(Oc6cc(O)c(N)cc6C67CC8CC(C)(CC(C)(C8)C6)C7)cc5)c5ccccc5-c5ccccc54)cc1)(C3)C2. The van der Waals surface area contributed by atoms with Crippen LogP contribution in [0.1, 0.15) is 138 Å². The lowest BCUT2D eigenvalue weighted by Gasteiger charge is -2.65. The van der Waals surface area contributed by atoms with E-state index in [4.69, 9.17) is 20.9 Å². The smallest absolute Gasteiger partial charge is 0.142 e. The fourth-order valence-electron chi connectivity index (χ4n) is 18.5. The summed E-state index contributed by atoms with van der Waals surface area (Å²) in [5.41, 5.74) is 23.8. The minimum Gasteiger partial charge on any atom is -0.506 e. The molecule has 4 unspecified atom stereocenters. The normalized spacial score (nSPS) is 33.4. The van der Waals surface area contributed by atoms with Gasteiger partial charge in [-0.2, -0.15) is 0 Å². The Balaban J connectivity index is 0.875. The Morgan fingerprint density at radius 3 is 1.15 bits per heavy atom. The number of rotatable bonds is 8. The van der Waals surface area contributed by atoms with Gasteiger partial charge in [-0.15, -0.1) is 0 Å². The first-order valence-corrected chi connectivity index (χ1v) is 25.0. The van der Waals surface area contributed by atoms with Crippen LogP contribution in [0.25, 0.3) is 11.1 Å². The molecule has 0 amide bonds. The van der Waals surface area contributed by atoms with Crippen LogP contribution in [0.5, 0.6) is 34.5 Å². The third-order valence-corrected chi connectivity index (χ3v) is 18.6. The first kappa shape index (κ1) is 41.3. The predicted molar refractivity (Wildman–Crippen MR) is 267 cm³/mol. The Bertz CT molecular complexity index is 2790. The van der Waals surface area contributed by atoms with E-state index < -0.39 is 5.41 Å². The van der Waals surface area contributed by atoms with E-state index in [0.717, 1.165) is 72.3 Å². The van der Waals surface area contributed by atoms with Gasteiger partial charge < -0.3 is 31.2 Å². The van der Waals surface area contributed by atoms with Crippen molar-refractivity contribution in [2.75, 3.05) is 11.5 Å². The van der Waals surface area contributed by atoms with Crippen molar-refractivity contribution in [1.29, 1.82) is 0 Å². The van der Waals surface area contributed by atoms with Crippen LogP contribution in [0.15, 0.2) is 121 Å². The van der Waals surface area contributed by atoms with Gasteiger partial charge in [-0.05, 0) is 180 Å². The molecule has 6 nitrogen and oxygen atoms in total. The summed E-state index contributed by atoms with van der Waals surface area (Å²) in [5, 5.41) is 22.1. The molecule has 15 rings (SSSR count). The van der Waals surface area contributed by atoms with Gasteiger partial charge in [0.25, 0.3) is 0 Å². The van der Waals surface area contributed by atoms with Crippen molar-refractivity contribution in [3.05, 3.63) is 155 Å². The molecule has 6 heteroatoms. The number of benzene rings is 6. The van der Waals surface area contributed by atoms with Gasteiger partial charge in [-0.25, -0.2) is 0 Å². The second kappa shape index (κ2) is 13.6. The van der Waals surface area contributed by atoms with Gasteiger partial charge in [0.05, 0.1) is 16.8 Å². The van der Waals surface area contributed by atoms with Gasteiger partial charge >= 0.3 is 0 Å². The maximum atomic E-state index is 11.1. The highest BCUT2D eigenvalue weighted by Crippen LogP contribution is 2.72. The van der Waals surface area contributed by atoms with Crippen molar-refractivity contribution in [3.8, 4) is 45.6 Å². The van der Waals surface area contributed by atoms with E-state index in [9.17, 15) is 10.2 Å². The number of aromatic hydroxyl groups is 2. The monoisotopic (exact) mass is 888 g/mol. The lowest BCUT2D eigenvalue weighted by Crippen LogP contribution is -2.56. The Kier molecular flexibility index (Phi) is 8.41. The van der Waals surface area contributed by atoms with Crippen LogP contribution in [0.2, 0.25) is 0 Å². The number of nitrogen functional groups attached to an aromatic ring is 2. The number of phenolic OH excluding ortho intramolecular Hbond substituents is 2. The van der Waals surface area contributed by atoms with Crippen molar-refractivity contribution < 1.29 is 19.7 Å². The maximum absolute atomic E-state index is 11.1. The minimum absolute atomic E-state index is 0.0292. The Hall–Kier alpha value is -5.88. The fraction of sp³-hybridized carbons (Fsp3) is 0.410. The first-order valence-electron chi connectivity index (χ1n) is 25.0. The van der Waals surface area contributed by atoms with Gasteiger partial charge in [0, 0.05) is 34.1 Å². The summed E-state index contributed by atoms with van der Waals surface area (Å²) in [4.78, 5) is 0. The average molecular weight is 889 g/mol. The van der Waals surface area contributed by atoms with Gasteiger partial charge in [0.15, 0.2) is 0 Å². The Morgan fingerprint density at radius 2 is 0.791 bits per heavy atom. The highest BCUT2D eigenvalue weighted by Gasteiger charge is 2.63. The zero-order valence-corrected chi connectivity index (χ0v) is 39.6. The number of hydrogen-bond acceptors (Lipinski definition) is 6. The third-order valence-electron chi connectivity index (χ3n) is 18.6. The Morgan fingerprint density at radius 1 is 0.433 bits per heavy atom. The molecule has 6 N–H and O–H groups in total. The van der Waals surface area contributed by atoms with Crippen molar-refractivity contribution in [1.82, 2.24) is 0 Å². The number of ether oxygens (including phenoxy) is 2. The van der Waals surface area contributed by atoms with Gasteiger partial charge in [-0.3, -0.25) is 0 Å². The zero-order chi connectivity index (χ0) is 45.9. The summed E-state index contributed by atoms with van der Waals surface area (Å²) in [6.45, 7) is 9.98. The maximum Gasteiger partial charge on any atom is 0.142 e. The van der Waals surface area contributed by atoms with Crippen LogP contribution in [0.3, 0.4) is 0 Å². The van der Waals surface area contributed by atoms with E-state index in [1.807, 2.05) is 12.1 Å². The average Bonchev–Trinajstić information content (AvgIpc) is 3.55. The summed E-state index contributed by atoms with van der Waals surface area (Å²) in [6, 6.07) is 42.4. The van der Waals surface area contributed by atoms with Crippen LogP contribution < -0.4 is 20.9 Å². The summed E-state index contributed by atoms with van der Waals surface area (Å²) in [7, 11) is 0. The van der Waals surface area contributed by atoms with Gasteiger partial charge in [-0.1, -0.05) is 100 Å². The van der Waals surface area contributed by atoms with Crippen LogP contribution in [0.4, 0.5) is 11.4 Å². The number of hydrogen-bond donors (Lipinski definition) is 4. The summed E-state index contributed by atoms with van der Waals surface area (Å²) >= 11 is 0. The molecule has 6 aromatic carbocycles. The number of nitrogens with two attached hydrogens (primary N) is 2. The topological polar surface area (TPSA) is 111 Å². The molecular formula is C61H64N2O4. The molecule has 0 saturated heterocycles. The van der Waals surface area contributed by atoms with Crippen molar-refractivity contribution in [3.63, 3.8) is 0 Å². The number of fused-ring (bicyclic) bond motifs is 3. The summed E-state index contributed by atoms with van der Waals surface area (Å²) in [5.74, 6) is 4.38. The van der Waals surface area contributed by atoms with E-state index in [1.165, 1.54) is 60.8 Å². The number of anilines is 2. The number of phenols is 2. The standard InChI is InChI=1S/C61H64N2O4/c1-55-25-37-26-56(2,31-55)34-59(29-37,33-55)47-21-49(62)51(64)23-53(47)66-41-17-13-39(14-18-41)61(45-11-7-5-9-43(45)44-10-6-8-12-46(44)61)40-15-19-42(20-16-40)67-54-24-52(65)50(63)22-48(54)60-30-38-27-57(3,35-60)32-58(4,28-38)36-60/h5-24,37-38,64-65H,25-36,62-63H2,1-4H3. The van der Waals surface area contributed by atoms with E-state index in [0.29, 0.717) is 56.4 Å². The molecule has 67 heavy (non-hydrogen) atoms. The molecular weight excluding hydrogens is 825 g/mol. The molecule has 8 saturated carbocycles. The fourth-order valence-corrected chi connectivity index (χ4v) is 18.5. The second-order valence-electron chi connectivity index (χ2n) is 24.7.